The Labute approximate surface area is 92.3 Å². The fraction of sp³-hybridized carbons (Fsp3) is 0.125. The Bertz CT molecular complexity index is 515. The van der Waals surface area contributed by atoms with Gasteiger partial charge >= 0.3 is 0 Å². The number of azide groups is 1. The number of thiophene rings is 1. The fourth-order valence-electron chi connectivity index (χ4n) is 1.16. The summed E-state index contributed by atoms with van der Waals surface area (Å²) in [5.74, 6) is 0. The first-order valence-electron chi connectivity index (χ1n) is 3.84. The molecule has 0 bridgehead atoms. The van der Waals surface area contributed by atoms with Crippen LogP contribution in [0.3, 0.4) is 0 Å². The van der Waals surface area contributed by atoms with Crippen LogP contribution in [-0.4, -0.2) is 4.98 Å². The van der Waals surface area contributed by atoms with Crippen LogP contribution in [0.2, 0.25) is 0 Å². The van der Waals surface area contributed by atoms with E-state index in [0.717, 1.165) is 19.4 Å². The highest BCUT2D eigenvalue weighted by Gasteiger charge is 2.03. The van der Waals surface area contributed by atoms with Crippen molar-refractivity contribution >= 4 is 37.4 Å². The van der Waals surface area contributed by atoms with Gasteiger partial charge in [-0.25, -0.2) is 0 Å². The Morgan fingerprint density at radius 1 is 1.57 bits per heavy atom. The maximum Gasteiger partial charge on any atom is 0.0605 e. The molecule has 2 aromatic rings. The minimum Gasteiger partial charge on any atom is -0.263 e. The van der Waals surface area contributed by atoms with Gasteiger partial charge in [0.2, 0.25) is 0 Å². The van der Waals surface area contributed by atoms with Gasteiger partial charge in [0.05, 0.1) is 15.7 Å². The highest BCUT2D eigenvalue weighted by molar-refractivity contribution is 9.10. The fourth-order valence-corrected chi connectivity index (χ4v) is 2.70. The van der Waals surface area contributed by atoms with Gasteiger partial charge in [-0.1, -0.05) is 5.11 Å². The summed E-state index contributed by atoms with van der Waals surface area (Å²) in [6, 6.07) is 1.99. The lowest BCUT2D eigenvalue weighted by Crippen LogP contribution is -1.69. The maximum atomic E-state index is 8.20. The third-order valence-electron chi connectivity index (χ3n) is 1.72. The van der Waals surface area contributed by atoms with Crippen LogP contribution < -0.4 is 0 Å². The lowest BCUT2D eigenvalue weighted by atomic mass is 10.3. The molecule has 0 fully saturated rings. The Morgan fingerprint density at radius 2 is 2.43 bits per heavy atom. The molecule has 0 saturated carbocycles. The summed E-state index contributed by atoms with van der Waals surface area (Å²) in [4.78, 5) is 7.84. The second kappa shape index (κ2) is 3.96. The van der Waals surface area contributed by atoms with Crippen LogP contribution in [-0.2, 0) is 6.54 Å². The molecule has 2 aromatic heterocycles. The molecule has 0 N–H and O–H groups in total. The van der Waals surface area contributed by atoms with E-state index in [2.05, 4.69) is 30.9 Å². The summed E-state index contributed by atoms with van der Waals surface area (Å²) in [7, 11) is 0. The third kappa shape index (κ3) is 1.72. The SMILES string of the molecule is [N-]=[N+]=NCc1cc2cncc(Br)c2s1. The lowest BCUT2D eigenvalue weighted by Gasteiger charge is -1.89. The lowest BCUT2D eigenvalue weighted by molar-refractivity contribution is 1.08. The topological polar surface area (TPSA) is 61.7 Å². The van der Waals surface area contributed by atoms with Crippen molar-refractivity contribution < 1.29 is 0 Å². The van der Waals surface area contributed by atoms with Crippen LogP contribution in [0.15, 0.2) is 28.0 Å². The van der Waals surface area contributed by atoms with Crippen LogP contribution in [0, 0.1) is 0 Å². The van der Waals surface area contributed by atoms with Crippen LogP contribution >= 0.6 is 27.3 Å². The Morgan fingerprint density at radius 3 is 3.14 bits per heavy atom. The van der Waals surface area contributed by atoms with Gasteiger partial charge in [-0.3, -0.25) is 4.98 Å². The number of hydrogen-bond donors (Lipinski definition) is 0. The molecule has 70 valence electrons. The van der Waals surface area contributed by atoms with E-state index in [1.165, 1.54) is 0 Å². The summed E-state index contributed by atoms with van der Waals surface area (Å²) in [6.07, 6.45) is 3.56. The number of pyridine rings is 1. The highest BCUT2D eigenvalue weighted by atomic mass is 79.9. The molecular formula is C8H5BrN4S. The average Bonchev–Trinajstić information content (AvgIpc) is 2.59. The Hall–Kier alpha value is -1.10. The number of halogens is 1. The van der Waals surface area contributed by atoms with E-state index in [1.54, 1.807) is 23.7 Å². The first-order valence-corrected chi connectivity index (χ1v) is 5.45. The monoisotopic (exact) mass is 268 g/mol. The van der Waals surface area contributed by atoms with Gasteiger partial charge in [-0.15, -0.1) is 11.3 Å². The van der Waals surface area contributed by atoms with Gasteiger partial charge in [0, 0.05) is 27.6 Å². The summed E-state index contributed by atoms with van der Waals surface area (Å²) >= 11 is 5.03. The summed E-state index contributed by atoms with van der Waals surface area (Å²) in [6.45, 7) is 0.405. The largest absolute Gasteiger partial charge is 0.263 e. The molecule has 0 aliphatic rings. The predicted molar refractivity (Wildman–Crippen MR) is 60.2 cm³/mol. The van der Waals surface area contributed by atoms with Gasteiger partial charge in [-0.2, -0.15) is 0 Å². The zero-order valence-electron chi connectivity index (χ0n) is 7.01. The van der Waals surface area contributed by atoms with E-state index < -0.39 is 0 Å². The number of aromatic nitrogens is 1. The van der Waals surface area contributed by atoms with E-state index in [9.17, 15) is 0 Å². The van der Waals surface area contributed by atoms with Crippen molar-refractivity contribution in [1.82, 2.24) is 4.98 Å². The molecule has 2 heterocycles. The minimum absolute atomic E-state index is 0.405. The van der Waals surface area contributed by atoms with Gasteiger partial charge < -0.3 is 0 Å². The minimum atomic E-state index is 0.405. The molecule has 0 unspecified atom stereocenters. The van der Waals surface area contributed by atoms with Crippen LogP contribution in [0.25, 0.3) is 20.5 Å². The molecular weight excluding hydrogens is 264 g/mol. The van der Waals surface area contributed by atoms with E-state index in [1.807, 2.05) is 6.07 Å². The third-order valence-corrected chi connectivity index (χ3v) is 3.75. The smallest absolute Gasteiger partial charge is 0.0605 e. The number of nitrogens with zero attached hydrogens (tertiary/aromatic N) is 4. The quantitative estimate of drug-likeness (QED) is 0.463. The van der Waals surface area contributed by atoms with E-state index >= 15 is 0 Å². The molecule has 0 aromatic carbocycles. The number of hydrogen-bond acceptors (Lipinski definition) is 3. The molecule has 0 saturated heterocycles. The van der Waals surface area contributed by atoms with E-state index in [0.29, 0.717) is 6.54 Å². The summed E-state index contributed by atoms with van der Waals surface area (Å²) < 4.78 is 2.12. The number of fused-ring (bicyclic) bond motifs is 1. The van der Waals surface area contributed by atoms with Crippen molar-refractivity contribution in [3.05, 3.63) is 38.3 Å². The molecule has 14 heavy (non-hydrogen) atoms. The highest BCUT2D eigenvalue weighted by Crippen LogP contribution is 2.31. The van der Waals surface area contributed by atoms with E-state index in [4.69, 9.17) is 5.53 Å². The molecule has 4 nitrogen and oxygen atoms in total. The van der Waals surface area contributed by atoms with Gasteiger partial charge in [0.25, 0.3) is 0 Å². The molecule has 0 aliphatic carbocycles. The molecule has 0 spiro atoms. The summed E-state index contributed by atoms with van der Waals surface area (Å²) in [5, 5.41) is 4.60. The van der Waals surface area contributed by atoms with Crippen molar-refractivity contribution in [2.75, 3.05) is 0 Å². The average molecular weight is 269 g/mol. The normalized spacial score (nSPS) is 10.1. The van der Waals surface area contributed by atoms with E-state index in [-0.39, 0.29) is 0 Å². The standard InChI is InChI=1S/C8H5BrN4S/c9-7-4-11-2-5-1-6(3-12-13-10)14-8(5)7/h1-2,4H,3H2. The van der Waals surface area contributed by atoms with Crippen LogP contribution in [0.1, 0.15) is 4.88 Å². The zero-order chi connectivity index (χ0) is 9.97. The van der Waals surface area contributed by atoms with Crippen molar-refractivity contribution in [1.29, 1.82) is 0 Å². The molecule has 6 heteroatoms. The summed E-state index contributed by atoms with van der Waals surface area (Å²) in [5.41, 5.74) is 8.20. The molecule has 2 rings (SSSR count). The van der Waals surface area contributed by atoms with Gasteiger partial charge in [0.15, 0.2) is 0 Å². The molecule has 0 radical (unpaired) electrons. The maximum absolute atomic E-state index is 8.20. The Kier molecular flexibility index (Phi) is 2.67. The van der Waals surface area contributed by atoms with Crippen LogP contribution in [0.5, 0.6) is 0 Å². The molecule has 0 aliphatic heterocycles. The van der Waals surface area contributed by atoms with Crippen molar-refractivity contribution in [2.24, 2.45) is 5.11 Å². The molecule has 0 amide bonds. The predicted octanol–water partition coefficient (Wildman–Crippen LogP) is 3.87. The molecule has 0 atom stereocenters. The zero-order valence-corrected chi connectivity index (χ0v) is 9.42. The van der Waals surface area contributed by atoms with Gasteiger partial charge in [0.1, 0.15) is 0 Å². The van der Waals surface area contributed by atoms with Gasteiger partial charge in [-0.05, 0) is 27.5 Å². The second-order valence-corrected chi connectivity index (χ2v) is 4.63. The Balaban J connectivity index is 2.51. The second-order valence-electron chi connectivity index (χ2n) is 2.64. The van der Waals surface area contributed by atoms with Crippen molar-refractivity contribution in [3.8, 4) is 0 Å². The first kappa shape index (κ1) is 9.45. The van der Waals surface area contributed by atoms with Crippen molar-refractivity contribution in [2.45, 2.75) is 6.54 Å². The number of rotatable bonds is 2. The van der Waals surface area contributed by atoms with Crippen molar-refractivity contribution in [3.63, 3.8) is 0 Å². The first-order chi connectivity index (χ1) is 6.81. The van der Waals surface area contributed by atoms with Crippen LogP contribution in [0.4, 0.5) is 0 Å².